The third kappa shape index (κ3) is 9.41. The minimum absolute atomic E-state index is 0.0173. The minimum atomic E-state index is -4.03. The predicted molar refractivity (Wildman–Crippen MR) is 136 cm³/mol. The first-order valence-electron chi connectivity index (χ1n) is 11.5. The van der Waals surface area contributed by atoms with Crippen LogP contribution < -0.4 is 0 Å². The van der Waals surface area contributed by atoms with Crippen LogP contribution >= 0.6 is 0 Å². The highest BCUT2D eigenvalue weighted by atomic mass is 32.2. The first-order chi connectivity index (χ1) is 15.5. The fourth-order valence-electron chi connectivity index (χ4n) is 3.29. The summed E-state index contributed by atoms with van der Waals surface area (Å²) < 4.78 is 34.9. The molecule has 0 heterocycles. The molecule has 0 aromatic heterocycles. The summed E-state index contributed by atoms with van der Waals surface area (Å²) in [4.78, 5) is 10.4. The molecule has 0 spiro atoms. The van der Waals surface area contributed by atoms with Crippen molar-refractivity contribution in [3.05, 3.63) is 47.0 Å². The van der Waals surface area contributed by atoms with Gasteiger partial charge in [0.1, 0.15) is 14.3 Å². The monoisotopic (exact) mass is 494 g/mol. The predicted octanol–water partition coefficient (Wildman–Crippen LogP) is 5.74. The molecular formula is C24H38N2O5SSi. The van der Waals surface area contributed by atoms with E-state index in [9.17, 15) is 18.5 Å². The Morgan fingerprint density at radius 2 is 1.82 bits per heavy atom. The van der Waals surface area contributed by atoms with E-state index in [0.717, 1.165) is 25.7 Å². The summed E-state index contributed by atoms with van der Waals surface area (Å²) in [6.07, 6.45) is 5.24. The van der Waals surface area contributed by atoms with Crippen LogP contribution in [0, 0.1) is 21.6 Å². The van der Waals surface area contributed by atoms with E-state index < -0.39 is 35.3 Å². The quantitative estimate of drug-likeness (QED) is 0.0625. The molecule has 0 bridgehead atoms. The molecule has 0 radical (unpaired) electrons. The van der Waals surface area contributed by atoms with Gasteiger partial charge in [0.25, 0.3) is 5.69 Å². The number of rotatable bonds is 14. The molecule has 0 aliphatic heterocycles. The van der Waals surface area contributed by atoms with Crippen LogP contribution in [-0.4, -0.2) is 44.6 Å². The smallest absolute Gasteiger partial charge is 0.269 e. The highest BCUT2D eigenvalue weighted by Crippen LogP contribution is 2.27. The summed E-state index contributed by atoms with van der Waals surface area (Å²) >= 11 is 0. The van der Waals surface area contributed by atoms with E-state index >= 15 is 0 Å². The van der Waals surface area contributed by atoms with Gasteiger partial charge in [0.15, 0.2) is 0 Å². The SMILES string of the molecule is C=C[C@H](OCCCCC)N([C@@H](CC#C[Si](C)(C)C)CCC)S(=O)(=O)c1ccc([N+](=O)[O-])cc1. The summed E-state index contributed by atoms with van der Waals surface area (Å²) in [6.45, 7) is 14.8. The van der Waals surface area contributed by atoms with Crippen LogP contribution in [0.4, 0.5) is 5.69 Å². The molecule has 0 unspecified atom stereocenters. The summed E-state index contributed by atoms with van der Waals surface area (Å²) in [5.74, 6) is 3.22. The molecule has 0 saturated carbocycles. The highest BCUT2D eigenvalue weighted by molar-refractivity contribution is 7.89. The van der Waals surface area contributed by atoms with Crippen molar-refractivity contribution in [2.75, 3.05) is 6.61 Å². The number of benzene rings is 1. The van der Waals surface area contributed by atoms with E-state index in [1.807, 2.05) is 6.92 Å². The number of non-ortho nitro benzene ring substituents is 1. The summed E-state index contributed by atoms with van der Waals surface area (Å²) in [5.41, 5.74) is 3.16. The maximum Gasteiger partial charge on any atom is 0.269 e. The Labute approximate surface area is 200 Å². The third-order valence-corrected chi connectivity index (χ3v) is 7.75. The Morgan fingerprint density at radius 1 is 1.18 bits per heavy atom. The van der Waals surface area contributed by atoms with Gasteiger partial charge in [-0.2, -0.15) is 4.31 Å². The van der Waals surface area contributed by atoms with Crippen molar-refractivity contribution < 1.29 is 18.1 Å². The van der Waals surface area contributed by atoms with Crippen LogP contribution in [0.3, 0.4) is 0 Å². The van der Waals surface area contributed by atoms with Gasteiger partial charge in [-0.15, -0.1) is 11.5 Å². The second-order valence-electron chi connectivity index (χ2n) is 8.99. The molecule has 33 heavy (non-hydrogen) atoms. The second-order valence-corrected chi connectivity index (χ2v) is 15.6. The van der Waals surface area contributed by atoms with Crippen LogP contribution in [0.2, 0.25) is 19.6 Å². The Hall–Kier alpha value is -1.99. The van der Waals surface area contributed by atoms with E-state index in [4.69, 9.17) is 4.74 Å². The molecule has 1 aromatic carbocycles. The van der Waals surface area contributed by atoms with E-state index in [1.54, 1.807) is 0 Å². The third-order valence-electron chi connectivity index (χ3n) is 4.89. The number of unbranched alkanes of at least 4 members (excludes halogenated alkanes) is 2. The van der Waals surface area contributed by atoms with Crippen molar-refractivity contribution in [1.29, 1.82) is 0 Å². The van der Waals surface area contributed by atoms with Crippen LogP contribution in [-0.2, 0) is 14.8 Å². The van der Waals surface area contributed by atoms with Gasteiger partial charge in [-0.25, -0.2) is 8.42 Å². The molecule has 184 valence electrons. The lowest BCUT2D eigenvalue weighted by molar-refractivity contribution is -0.384. The molecule has 7 nitrogen and oxygen atoms in total. The molecule has 0 aliphatic rings. The molecule has 0 saturated heterocycles. The molecule has 0 aliphatic carbocycles. The zero-order chi connectivity index (χ0) is 25.1. The number of sulfonamides is 1. The Bertz CT molecular complexity index is 930. The fraction of sp³-hybridized carbons (Fsp3) is 0.583. The van der Waals surface area contributed by atoms with Crippen molar-refractivity contribution in [2.45, 2.75) is 89.2 Å². The lowest BCUT2D eigenvalue weighted by atomic mass is 10.1. The van der Waals surface area contributed by atoms with Gasteiger partial charge in [-0.1, -0.05) is 59.3 Å². The van der Waals surface area contributed by atoms with E-state index in [1.165, 1.54) is 34.6 Å². The van der Waals surface area contributed by atoms with Gasteiger partial charge >= 0.3 is 0 Å². The maximum absolute atomic E-state index is 13.8. The highest BCUT2D eigenvalue weighted by Gasteiger charge is 2.36. The summed E-state index contributed by atoms with van der Waals surface area (Å²) in [7, 11) is -5.65. The van der Waals surface area contributed by atoms with Gasteiger partial charge in [-0.3, -0.25) is 10.1 Å². The van der Waals surface area contributed by atoms with E-state index in [-0.39, 0.29) is 10.6 Å². The Balaban J connectivity index is 3.44. The topological polar surface area (TPSA) is 89.8 Å². The molecule has 0 amide bonds. The zero-order valence-corrected chi connectivity index (χ0v) is 22.4. The summed E-state index contributed by atoms with van der Waals surface area (Å²) in [5, 5.41) is 11.0. The maximum atomic E-state index is 13.8. The van der Waals surface area contributed by atoms with Crippen molar-refractivity contribution in [1.82, 2.24) is 4.31 Å². The Morgan fingerprint density at radius 3 is 2.30 bits per heavy atom. The Kier molecular flexibility index (Phi) is 12.0. The molecule has 0 N–H and O–H groups in total. The van der Waals surface area contributed by atoms with Crippen LogP contribution in [0.25, 0.3) is 0 Å². The molecule has 0 fully saturated rings. The molecule has 2 atom stereocenters. The van der Waals surface area contributed by atoms with Crippen LogP contribution in [0.15, 0.2) is 41.8 Å². The lowest BCUT2D eigenvalue weighted by Gasteiger charge is -2.35. The van der Waals surface area contributed by atoms with Crippen molar-refractivity contribution in [3.63, 3.8) is 0 Å². The van der Waals surface area contributed by atoms with Gasteiger partial charge in [0.2, 0.25) is 10.0 Å². The van der Waals surface area contributed by atoms with Gasteiger partial charge < -0.3 is 4.74 Å². The summed E-state index contributed by atoms with van der Waals surface area (Å²) in [6, 6.07) is 4.54. The molecular weight excluding hydrogens is 456 g/mol. The van der Waals surface area contributed by atoms with Crippen molar-refractivity contribution >= 4 is 23.8 Å². The number of ether oxygens (including phenoxy) is 1. The van der Waals surface area contributed by atoms with Crippen LogP contribution in [0.5, 0.6) is 0 Å². The molecule has 1 aromatic rings. The van der Waals surface area contributed by atoms with E-state index in [2.05, 4.69) is 44.6 Å². The number of hydrogen-bond acceptors (Lipinski definition) is 5. The zero-order valence-electron chi connectivity index (χ0n) is 20.5. The van der Waals surface area contributed by atoms with Crippen molar-refractivity contribution in [3.8, 4) is 11.5 Å². The molecule has 9 heteroatoms. The first kappa shape index (κ1) is 29.0. The minimum Gasteiger partial charge on any atom is -0.358 e. The van der Waals surface area contributed by atoms with E-state index in [0.29, 0.717) is 19.4 Å². The second kappa shape index (κ2) is 13.7. The number of nitrogens with zero attached hydrogens (tertiary/aromatic N) is 2. The van der Waals surface area contributed by atoms with Gasteiger partial charge in [-0.05, 0) is 31.1 Å². The normalized spacial score (nSPS) is 13.8. The van der Waals surface area contributed by atoms with Crippen LogP contribution in [0.1, 0.15) is 52.4 Å². The fourth-order valence-corrected chi connectivity index (χ4v) is 5.64. The number of hydrogen-bond donors (Lipinski definition) is 0. The average Bonchev–Trinajstić information content (AvgIpc) is 2.74. The standard InChI is InChI=1S/C24H38N2O5SSi/c1-7-10-11-19-31-24(9-3)25(21(13-8-2)14-12-20-33(4,5)6)32(29,30)23-17-15-22(16-18-23)26(27)28/h9,15-18,21,24H,3,7-8,10-11,13-14,19H2,1-2,4-6H3/t21-,24+/m1/s1. The number of nitro groups is 1. The number of nitro benzene ring substituents is 1. The van der Waals surface area contributed by atoms with Crippen molar-refractivity contribution in [2.24, 2.45) is 0 Å². The van der Waals surface area contributed by atoms with Gasteiger partial charge in [0, 0.05) is 31.2 Å². The first-order valence-corrected chi connectivity index (χ1v) is 16.4. The largest absolute Gasteiger partial charge is 0.358 e. The lowest BCUT2D eigenvalue weighted by Crippen LogP contribution is -2.47. The average molecular weight is 495 g/mol. The van der Waals surface area contributed by atoms with Gasteiger partial charge in [0.05, 0.1) is 9.82 Å². The molecule has 1 rings (SSSR count).